The van der Waals surface area contributed by atoms with E-state index in [0.717, 1.165) is 6.42 Å². The summed E-state index contributed by atoms with van der Waals surface area (Å²) in [5.41, 5.74) is 1.88. The molecular weight excluding hydrogens is 291 g/mol. The fraction of sp³-hybridized carbons (Fsp3) is 0.158. The van der Waals surface area contributed by atoms with Crippen molar-refractivity contribution < 1.29 is 9.18 Å². The Morgan fingerprint density at radius 1 is 1.17 bits per heavy atom. The van der Waals surface area contributed by atoms with Gasteiger partial charge in [0.15, 0.2) is 0 Å². The second-order valence-electron chi connectivity index (χ2n) is 5.60. The van der Waals surface area contributed by atoms with Crippen LogP contribution in [0.3, 0.4) is 0 Å². The Bertz CT molecular complexity index is 833. The molecule has 4 heteroatoms. The SMILES string of the molecule is CC(Cc1ccccc1)NC(=O)c1cnc2c(F)cccc2c1. The molecule has 1 atom stereocenters. The number of aromatic nitrogens is 1. The smallest absolute Gasteiger partial charge is 0.253 e. The van der Waals surface area contributed by atoms with Gasteiger partial charge in [-0.25, -0.2) is 4.39 Å². The summed E-state index contributed by atoms with van der Waals surface area (Å²) in [5.74, 6) is -0.584. The normalized spacial score (nSPS) is 12.1. The number of nitrogens with zero attached hydrogens (tertiary/aromatic N) is 1. The van der Waals surface area contributed by atoms with Crippen molar-refractivity contribution in [2.45, 2.75) is 19.4 Å². The number of carbonyl (C=O) groups is 1. The lowest BCUT2D eigenvalue weighted by molar-refractivity contribution is 0.0940. The maximum atomic E-state index is 13.6. The van der Waals surface area contributed by atoms with Gasteiger partial charge >= 0.3 is 0 Å². The van der Waals surface area contributed by atoms with Gasteiger partial charge in [0.1, 0.15) is 11.3 Å². The Morgan fingerprint density at radius 3 is 2.74 bits per heavy atom. The highest BCUT2D eigenvalue weighted by atomic mass is 19.1. The summed E-state index contributed by atoms with van der Waals surface area (Å²) >= 11 is 0. The number of rotatable bonds is 4. The first kappa shape index (κ1) is 15.2. The highest BCUT2D eigenvalue weighted by Crippen LogP contribution is 2.16. The minimum absolute atomic E-state index is 0.00638. The molecule has 23 heavy (non-hydrogen) atoms. The van der Waals surface area contributed by atoms with E-state index in [2.05, 4.69) is 10.3 Å². The highest BCUT2D eigenvalue weighted by Gasteiger charge is 2.12. The fourth-order valence-corrected chi connectivity index (χ4v) is 2.57. The van der Waals surface area contributed by atoms with E-state index in [1.165, 1.54) is 17.8 Å². The van der Waals surface area contributed by atoms with E-state index in [-0.39, 0.29) is 23.3 Å². The Morgan fingerprint density at radius 2 is 1.96 bits per heavy atom. The predicted octanol–water partition coefficient (Wildman–Crippen LogP) is 3.73. The van der Waals surface area contributed by atoms with Crippen LogP contribution in [0.25, 0.3) is 10.9 Å². The monoisotopic (exact) mass is 308 g/mol. The van der Waals surface area contributed by atoms with Gasteiger partial charge < -0.3 is 5.32 Å². The van der Waals surface area contributed by atoms with Gasteiger partial charge in [0.25, 0.3) is 5.91 Å². The van der Waals surface area contributed by atoms with E-state index < -0.39 is 0 Å². The van der Waals surface area contributed by atoms with Crippen LogP contribution in [0.4, 0.5) is 4.39 Å². The standard InChI is InChI=1S/C19H17FN2O/c1-13(10-14-6-3-2-4-7-14)22-19(23)16-11-15-8-5-9-17(20)18(15)21-12-16/h2-9,11-13H,10H2,1H3,(H,22,23). The highest BCUT2D eigenvalue weighted by molar-refractivity contribution is 5.97. The lowest BCUT2D eigenvalue weighted by atomic mass is 10.1. The first-order chi connectivity index (χ1) is 11.1. The molecule has 0 aliphatic carbocycles. The van der Waals surface area contributed by atoms with Crippen LogP contribution in [0.15, 0.2) is 60.8 Å². The zero-order chi connectivity index (χ0) is 16.2. The van der Waals surface area contributed by atoms with Crippen molar-refractivity contribution in [3.8, 4) is 0 Å². The minimum atomic E-state index is -0.382. The number of carbonyl (C=O) groups excluding carboxylic acids is 1. The van der Waals surface area contributed by atoms with Crippen LogP contribution in [0, 0.1) is 5.82 Å². The van der Waals surface area contributed by atoms with Gasteiger partial charge in [-0.2, -0.15) is 0 Å². The summed E-state index contributed by atoms with van der Waals surface area (Å²) in [6.45, 7) is 1.96. The molecule has 0 aliphatic rings. The fourth-order valence-electron chi connectivity index (χ4n) is 2.57. The topological polar surface area (TPSA) is 42.0 Å². The summed E-state index contributed by atoms with van der Waals surface area (Å²) in [5, 5.41) is 3.57. The van der Waals surface area contributed by atoms with Gasteiger partial charge in [-0.1, -0.05) is 42.5 Å². The Labute approximate surface area is 134 Å². The largest absolute Gasteiger partial charge is 0.349 e. The molecule has 1 unspecified atom stereocenters. The zero-order valence-corrected chi connectivity index (χ0v) is 12.8. The number of fused-ring (bicyclic) bond motifs is 1. The molecular formula is C19H17FN2O. The quantitative estimate of drug-likeness (QED) is 0.798. The van der Waals surface area contributed by atoms with Crippen molar-refractivity contribution in [2.24, 2.45) is 0 Å². The second-order valence-corrected chi connectivity index (χ2v) is 5.60. The molecule has 1 aromatic heterocycles. The van der Waals surface area contributed by atoms with Crippen molar-refractivity contribution in [2.75, 3.05) is 0 Å². The van der Waals surface area contributed by atoms with Crippen LogP contribution in [-0.4, -0.2) is 16.9 Å². The van der Waals surface area contributed by atoms with Gasteiger partial charge in [0.2, 0.25) is 0 Å². The van der Waals surface area contributed by atoms with E-state index >= 15 is 0 Å². The molecule has 3 rings (SSSR count). The minimum Gasteiger partial charge on any atom is -0.349 e. The van der Waals surface area contributed by atoms with Crippen molar-refractivity contribution in [1.29, 1.82) is 0 Å². The van der Waals surface area contributed by atoms with E-state index in [4.69, 9.17) is 0 Å². The van der Waals surface area contributed by atoms with Gasteiger partial charge in [0, 0.05) is 17.6 Å². The van der Waals surface area contributed by atoms with Crippen LogP contribution in [-0.2, 0) is 6.42 Å². The first-order valence-electron chi connectivity index (χ1n) is 7.52. The maximum Gasteiger partial charge on any atom is 0.253 e. The van der Waals surface area contributed by atoms with Crippen LogP contribution in [0.2, 0.25) is 0 Å². The van der Waals surface area contributed by atoms with Crippen LogP contribution in [0.1, 0.15) is 22.8 Å². The Hall–Kier alpha value is -2.75. The molecule has 1 amide bonds. The molecule has 1 N–H and O–H groups in total. The molecule has 0 saturated heterocycles. The van der Waals surface area contributed by atoms with Gasteiger partial charge in [-0.05, 0) is 31.0 Å². The van der Waals surface area contributed by atoms with E-state index in [0.29, 0.717) is 10.9 Å². The number of hydrogen-bond acceptors (Lipinski definition) is 2. The first-order valence-corrected chi connectivity index (χ1v) is 7.52. The molecule has 3 nitrogen and oxygen atoms in total. The number of amides is 1. The lowest BCUT2D eigenvalue weighted by Gasteiger charge is -2.14. The third-order valence-electron chi connectivity index (χ3n) is 3.69. The summed E-state index contributed by atoms with van der Waals surface area (Å²) in [6, 6.07) is 16.4. The van der Waals surface area contributed by atoms with Crippen LogP contribution < -0.4 is 5.32 Å². The molecule has 1 heterocycles. The summed E-state index contributed by atoms with van der Waals surface area (Å²) in [4.78, 5) is 16.4. The lowest BCUT2D eigenvalue weighted by Crippen LogP contribution is -2.34. The predicted molar refractivity (Wildman–Crippen MR) is 88.8 cm³/mol. The summed E-state index contributed by atoms with van der Waals surface area (Å²) in [7, 11) is 0. The Kier molecular flexibility index (Phi) is 4.33. The van der Waals surface area contributed by atoms with Crippen molar-refractivity contribution in [1.82, 2.24) is 10.3 Å². The average Bonchev–Trinajstić information content (AvgIpc) is 2.55. The van der Waals surface area contributed by atoms with E-state index in [1.807, 2.05) is 37.3 Å². The average molecular weight is 308 g/mol. The molecule has 2 aromatic carbocycles. The molecule has 0 fully saturated rings. The molecule has 0 spiro atoms. The van der Waals surface area contributed by atoms with E-state index in [9.17, 15) is 9.18 Å². The summed E-state index contributed by atoms with van der Waals surface area (Å²) < 4.78 is 13.6. The van der Waals surface area contributed by atoms with Gasteiger partial charge in [-0.3, -0.25) is 9.78 Å². The van der Waals surface area contributed by atoms with Gasteiger partial charge in [-0.15, -0.1) is 0 Å². The number of nitrogens with one attached hydrogen (secondary N) is 1. The van der Waals surface area contributed by atoms with Crippen LogP contribution >= 0.6 is 0 Å². The third-order valence-corrected chi connectivity index (χ3v) is 3.69. The number of halogens is 1. The molecule has 116 valence electrons. The van der Waals surface area contributed by atoms with Crippen molar-refractivity contribution in [3.63, 3.8) is 0 Å². The number of para-hydroxylation sites is 1. The zero-order valence-electron chi connectivity index (χ0n) is 12.8. The molecule has 0 aliphatic heterocycles. The molecule has 3 aromatic rings. The molecule has 0 bridgehead atoms. The molecule has 0 saturated carbocycles. The summed E-state index contributed by atoms with van der Waals surface area (Å²) in [6.07, 6.45) is 2.16. The number of benzene rings is 2. The molecule has 0 radical (unpaired) electrons. The van der Waals surface area contributed by atoms with Crippen LogP contribution in [0.5, 0.6) is 0 Å². The second kappa shape index (κ2) is 6.57. The van der Waals surface area contributed by atoms with Crippen molar-refractivity contribution >= 4 is 16.8 Å². The number of pyridine rings is 1. The van der Waals surface area contributed by atoms with E-state index in [1.54, 1.807) is 18.2 Å². The third kappa shape index (κ3) is 3.54. The van der Waals surface area contributed by atoms with Crippen molar-refractivity contribution in [3.05, 3.63) is 77.7 Å². The Balaban J connectivity index is 1.73. The van der Waals surface area contributed by atoms with Gasteiger partial charge in [0.05, 0.1) is 5.56 Å². The number of hydrogen-bond donors (Lipinski definition) is 1. The maximum absolute atomic E-state index is 13.6.